The van der Waals surface area contributed by atoms with Gasteiger partial charge in [-0.25, -0.2) is 0 Å². The van der Waals surface area contributed by atoms with Gasteiger partial charge in [-0.3, -0.25) is 9.59 Å². The molecule has 0 radical (unpaired) electrons. The maximum absolute atomic E-state index is 12.2. The minimum atomic E-state index is -0.820. The number of carbonyl (C=O) groups is 1. The molecule has 18 heavy (non-hydrogen) atoms. The third-order valence-corrected chi connectivity index (χ3v) is 3.57. The standard InChI is InChI=1S/C13H19N3O2/c1-16-9-5-6-10(11(16)17)15-12(18)13(14)7-3-2-4-8-13/h5-6,9H,2-4,7-8,14H2,1H3,(H,15,18). The van der Waals surface area contributed by atoms with Crippen LogP contribution in [0.15, 0.2) is 23.1 Å². The van der Waals surface area contributed by atoms with Crippen LogP contribution in [0, 0.1) is 0 Å². The highest BCUT2D eigenvalue weighted by atomic mass is 16.2. The van der Waals surface area contributed by atoms with Crippen LogP contribution in [0.2, 0.25) is 0 Å². The molecular weight excluding hydrogens is 230 g/mol. The number of pyridine rings is 1. The van der Waals surface area contributed by atoms with Gasteiger partial charge in [-0.15, -0.1) is 0 Å². The molecule has 1 aliphatic rings. The van der Waals surface area contributed by atoms with E-state index in [1.807, 2.05) is 0 Å². The number of hydrogen-bond acceptors (Lipinski definition) is 3. The van der Waals surface area contributed by atoms with E-state index in [1.165, 1.54) is 4.57 Å². The van der Waals surface area contributed by atoms with E-state index < -0.39 is 5.54 Å². The Bertz CT molecular complexity index is 501. The highest BCUT2D eigenvalue weighted by Gasteiger charge is 2.35. The van der Waals surface area contributed by atoms with Gasteiger partial charge in [-0.05, 0) is 25.0 Å². The first-order chi connectivity index (χ1) is 8.53. The number of hydrogen-bond donors (Lipinski definition) is 2. The number of aromatic nitrogens is 1. The van der Waals surface area contributed by atoms with Crippen molar-refractivity contribution in [1.29, 1.82) is 0 Å². The van der Waals surface area contributed by atoms with Gasteiger partial charge in [0.05, 0.1) is 5.54 Å². The zero-order chi connectivity index (χ0) is 13.2. The van der Waals surface area contributed by atoms with Crippen molar-refractivity contribution in [3.8, 4) is 0 Å². The lowest BCUT2D eigenvalue weighted by Crippen LogP contribution is -2.52. The van der Waals surface area contributed by atoms with Crippen molar-refractivity contribution in [3.63, 3.8) is 0 Å². The predicted molar refractivity (Wildman–Crippen MR) is 70.3 cm³/mol. The van der Waals surface area contributed by atoms with Crippen molar-refractivity contribution in [2.45, 2.75) is 37.6 Å². The van der Waals surface area contributed by atoms with Gasteiger partial charge < -0.3 is 15.6 Å². The van der Waals surface area contributed by atoms with Crippen molar-refractivity contribution < 1.29 is 4.79 Å². The average molecular weight is 249 g/mol. The second-order valence-corrected chi connectivity index (χ2v) is 5.01. The van der Waals surface area contributed by atoms with E-state index in [4.69, 9.17) is 5.73 Å². The lowest BCUT2D eigenvalue weighted by molar-refractivity contribution is -0.122. The van der Waals surface area contributed by atoms with E-state index in [0.717, 1.165) is 19.3 Å². The quantitative estimate of drug-likeness (QED) is 0.820. The van der Waals surface area contributed by atoms with Gasteiger partial charge in [0, 0.05) is 13.2 Å². The van der Waals surface area contributed by atoms with E-state index in [-0.39, 0.29) is 11.5 Å². The number of rotatable bonds is 2. The number of amides is 1. The van der Waals surface area contributed by atoms with E-state index in [9.17, 15) is 9.59 Å². The molecule has 1 amide bonds. The van der Waals surface area contributed by atoms with Crippen molar-refractivity contribution in [2.75, 3.05) is 5.32 Å². The second kappa shape index (κ2) is 4.94. The molecule has 0 bridgehead atoms. The minimum Gasteiger partial charge on any atom is -0.320 e. The van der Waals surface area contributed by atoms with Gasteiger partial charge >= 0.3 is 0 Å². The number of carbonyl (C=O) groups excluding carboxylic acids is 1. The number of aryl methyl sites for hydroxylation is 1. The van der Waals surface area contributed by atoms with E-state index >= 15 is 0 Å². The molecule has 5 nitrogen and oxygen atoms in total. The molecule has 1 saturated carbocycles. The molecule has 1 aliphatic carbocycles. The molecule has 0 unspecified atom stereocenters. The SMILES string of the molecule is Cn1cccc(NC(=O)C2(N)CCCCC2)c1=O. The molecule has 1 aromatic rings. The summed E-state index contributed by atoms with van der Waals surface area (Å²) in [5.74, 6) is -0.245. The predicted octanol–water partition coefficient (Wildman–Crippen LogP) is 0.985. The van der Waals surface area contributed by atoms with Crippen LogP contribution in [0.25, 0.3) is 0 Å². The van der Waals surface area contributed by atoms with Gasteiger partial charge in [0.2, 0.25) is 5.91 Å². The van der Waals surface area contributed by atoms with Gasteiger partial charge in [0.1, 0.15) is 5.69 Å². The molecule has 0 spiro atoms. The zero-order valence-corrected chi connectivity index (χ0v) is 10.6. The molecule has 1 aromatic heterocycles. The van der Waals surface area contributed by atoms with E-state index in [1.54, 1.807) is 25.4 Å². The summed E-state index contributed by atoms with van der Waals surface area (Å²) in [4.78, 5) is 24.0. The first-order valence-electron chi connectivity index (χ1n) is 6.29. The molecule has 98 valence electrons. The average Bonchev–Trinajstić information content (AvgIpc) is 2.36. The molecule has 1 heterocycles. The first-order valence-corrected chi connectivity index (χ1v) is 6.29. The Morgan fingerprint density at radius 1 is 1.39 bits per heavy atom. The summed E-state index contributed by atoms with van der Waals surface area (Å²) in [5, 5.41) is 2.66. The first kappa shape index (κ1) is 12.8. The smallest absolute Gasteiger partial charge is 0.274 e. The van der Waals surface area contributed by atoms with Crippen molar-refractivity contribution >= 4 is 11.6 Å². The highest BCUT2D eigenvalue weighted by molar-refractivity contribution is 5.97. The van der Waals surface area contributed by atoms with Gasteiger partial charge in [0.15, 0.2) is 0 Å². The second-order valence-electron chi connectivity index (χ2n) is 5.01. The maximum Gasteiger partial charge on any atom is 0.274 e. The van der Waals surface area contributed by atoms with E-state index in [2.05, 4.69) is 5.32 Å². The van der Waals surface area contributed by atoms with Gasteiger partial charge in [-0.1, -0.05) is 19.3 Å². The summed E-state index contributed by atoms with van der Waals surface area (Å²) >= 11 is 0. The van der Waals surface area contributed by atoms with Gasteiger partial charge in [-0.2, -0.15) is 0 Å². The van der Waals surface area contributed by atoms with Crippen LogP contribution in [-0.4, -0.2) is 16.0 Å². The molecule has 1 fully saturated rings. The van der Waals surface area contributed by atoms with Crippen LogP contribution < -0.4 is 16.6 Å². The van der Waals surface area contributed by atoms with Crippen molar-refractivity contribution in [2.24, 2.45) is 12.8 Å². The van der Waals surface area contributed by atoms with E-state index in [0.29, 0.717) is 18.5 Å². The lowest BCUT2D eigenvalue weighted by Gasteiger charge is -2.31. The number of nitrogens with zero attached hydrogens (tertiary/aromatic N) is 1. The van der Waals surface area contributed by atoms with Crippen LogP contribution in [0.4, 0.5) is 5.69 Å². The Morgan fingerprint density at radius 3 is 2.72 bits per heavy atom. The third-order valence-electron chi connectivity index (χ3n) is 3.57. The third kappa shape index (κ3) is 2.46. The van der Waals surface area contributed by atoms with Crippen LogP contribution in [0.3, 0.4) is 0 Å². The highest BCUT2D eigenvalue weighted by Crippen LogP contribution is 2.26. The Hall–Kier alpha value is -1.62. The van der Waals surface area contributed by atoms with Crippen LogP contribution >= 0.6 is 0 Å². The fourth-order valence-corrected chi connectivity index (χ4v) is 2.35. The molecule has 5 heteroatoms. The fraction of sp³-hybridized carbons (Fsp3) is 0.538. The molecule has 0 saturated heterocycles. The number of nitrogens with two attached hydrogens (primary N) is 1. The maximum atomic E-state index is 12.2. The number of nitrogens with one attached hydrogen (secondary N) is 1. The Kier molecular flexibility index (Phi) is 3.52. The molecular formula is C13H19N3O2. The fourth-order valence-electron chi connectivity index (χ4n) is 2.35. The Morgan fingerprint density at radius 2 is 2.06 bits per heavy atom. The normalized spacial score (nSPS) is 18.3. The number of anilines is 1. The summed E-state index contributed by atoms with van der Waals surface area (Å²) in [7, 11) is 1.65. The summed E-state index contributed by atoms with van der Waals surface area (Å²) in [6, 6.07) is 3.33. The molecule has 3 N–H and O–H groups in total. The largest absolute Gasteiger partial charge is 0.320 e. The van der Waals surface area contributed by atoms with Gasteiger partial charge in [0.25, 0.3) is 5.56 Å². The monoisotopic (exact) mass is 249 g/mol. The molecule has 0 atom stereocenters. The van der Waals surface area contributed by atoms with Crippen LogP contribution in [-0.2, 0) is 11.8 Å². The summed E-state index contributed by atoms with van der Waals surface area (Å²) in [6.45, 7) is 0. The Labute approximate surface area is 106 Å². The Balaban J connectivity index is 2.16. The lowest BCUT2D eigenvalue weighted by atomic mass is 9.82. The minimum absolute atomic E-state index is 0.217. The molecule has 0 aromatic carbocycles. The zero-order valence-electron chi connectivity index (χ0n) is 10.6. The molecule has 0 aliphatic heterocycles. The summed E-state index contributed by atoms with van der Waals surface area (Å²) in [6.07, 6.45) is 6.08. The summed E-state index contributed by atoms with van der Waals surface area (Å²) < 4.78 is 1.43. The topological polar surface area (TPSA) is 77.1 Å². The van der Waals surface area contributed by atoms with Crippen LogP contribution in [0.1, 0.15) is 32.1 Å². The van der Waals surface area contributed by atoms with Crippen molar-refractivity contribution in [3.05, 3.63) is 28.7 Å². The van der Waals surface area contributed by atoms with Crippen LogP contribution in [0.5, 0.6) is 0 Å². The summed E-state index contributed by atoms with van der Waals surface area (Å²) in [5.41, 5.74) is 5.37. The van der Waals surface area contributed by atoms with Crippen molar-refractivity contribution in [1.82, 2.24) is 4.57 Å². The molecule has 2 rings (SSSR count).